The van der Waals surface area contributed by atoms with Gasteiger partial charge in [-0.15, -0.1) is 11.3 Å². The Morgan fingerprint density at radius 3 is 2.59 bits per heavy atom. The minimum Gasteiger partial charge on any atom is -0.352 e. The van der Waals surface area contributed by atoms with E-state index in [1.54, 1.807) is 17.4 Å². The van der Waals surface area contributed by atoms with Crippen LogP contribution < -0.4 is 10.6 Å². The fourth-order valence-corrected chi connectivity index (χ4v) is 3.36. The molecule has 2 rings (SSSR count). The standard InChI is InChI=1S/C16H17BrN2O2S/c1-11-4-2-3-5-13(11)16(21)18-9-8-15(20)19-10-12-6-7-14(17)22-12/h2-7H,8-10H2,1H3,(H,18,21)(H,19,20). The minimum absolute atomic E-state index is 0.0744. The first kappa shape index (κ1) is 16.7. The highest BCUT2D eigenvalue weighted by Gasteiger charge is 2.08. The predicted molar refractivity (Wildman–Crippen MR) is 92.0 cm³/mol. The molecule has 2 N–H and O–H groups in total. The van der Waals surface area contributed by atoms with E-state index in [2.05, 4.69) is 26.6 Å². The Kier molecular flexibility index (Phi) is 6.15. The first-order chi connectivity index (χ1) is 10.6. The summed E-state index contributed by atoms with van der Waals surface area (Å²) in [5, 5.41) is 5.60. The van der Waals surface area contributed by atoms with Gasteiger partial charge in [-0.3, -0.25) is 9.59 Å². The number of amides is 2. The summed E-state index contributed by atoms with van der Waals surface area (Å²) in [5.74, 6) is -0.220. The number of hydrogen-bond acceptors (Lipinski definition) is 3. The summed E-state index contributed by atoms with van der Waals surface area (Å²) < 4.78 is 1.04. The average Bonchev–Trinajstić information content (AvgIpc) is 2.91. The van der Waals surface area contributed by atoms with E-state index in [1.807, 2.05) is 37.3 Å². The molecule has 0 fully saturated rings. The SMILES string of the molecule is Cc1ccccc1C(=O)NCCC(=O)NCc1ccc(Br)s1. The van der Waals surface area contributed by atoms with E-state index in [0.29, 0.717) is 18.7 Å². The summed E-state index contributed by atoms with van der Waals surface area (Å²) in [6.45, 7) is 2.73. The molecule has 0 saturated carbocycles. The van der Waals surface area contributed by atoms with Crippen LogP contribution in [-0.4, -0.2) is 18.4 Å². The molecule has 0 spiro atoms. The third-order valence-corrected chi connectivity index (χ3v) is 4.74. The number of benzene rings is 1. The van der Waals surface area contributed by atoms with Gasteiger partial charge in [0.15, 0.2) is 0 Å². The van der Waals surface area contributed by atoms with Crippen LogP contribution in [0.3, 0.4) is 0 Å². The number of thiophene rings is 1. The third kappa shape index (κ3) is 4.96. The molecule has 0 saturated heterocycles. The van der Waals surface area contributed by atoms with Crippen LogP contribution in [0.25, 0.3) is 0 Å². The zero-order valence-electron chi connectivity index (χ0n) is 12.2. The molecule has 1 aromatic heterocycles. The van der Waals surface area contributed by atoms with Crippen LogP contribution in [0.4, 0.5) is 0 Å². The molecule has 6 heteroatoms. The van der Waals surface area contributed by atoms with Crippen molar-refractivity contribution in [2.75, 3.05) is 6.54 Å². The summed E-state index contributed by atoms with van der Waals surface area (Å²) in [6.07, 6.45) is 0.268. The zero-order valence-corrected chi connectivity index (χ0v) is 14.6. The van der Waals surface area contributed by atoms with Crippen molar-refractivity contribution in [1.82, 2.24) is 10.6 Å². The summed E-state index contributed by atoms with van der Waals surface area (Å²) in [5.41, 5.74) is 1.57. The van der Waals surface area contributed by atoms with Gasteiger partial charge >= 0.3 is 0 Å². The highest BCUT2D eigenvalue weighted by atomic mass is 79.9. The van der Waals surface area contributed by atoms with Crippen molar-refractivity contribution in [3.63, 3.8) is 0 Å². The van der Waals surface area contributed by atoms with Crippen molar-refractivity contribution in [3.05, 3.63) is 56.2 Å². The van der Waals surface area contributed by atoms with Crippen LogP contribution in [0, 0.1) is 6.92 Å². The lowest BCUT2D eigenvalue weighted by Gasteiger charge is -2.07. The molecule has 116 valence electrons. The number of carbonyl (C=O) groups is 2. The van der Waals surface area contributed by atoms with Crippen molar-refractivity contribution in [1.29, 1.82) is 0 Å². The van der Waals surface area contributed by atoms with Gasteiger partial charge < -0.3 is 10.6 Å². The first-order valence-corrected chi connectivity index (χ1v) is 8.52. The molecule has 2 aromatic rings. The third-order valence-electron chi connectivity index (χ3n) is 3.12. The van der Waals surface area contributed by atoms with Gasteiger partial charge in [0.25, 0.3) is 5.91 Å². The Bertz CT molecular complexity index is 670. The van der Waals surface area contributed by atoms with Gasteiger partial charge in [0.2, 0.25) is 5.91 Å². The second kappa shape index (κ2) is 8.10. The summed E-state index contributed by atoms with van der Waals surface area (Å²) >= 11 is 4.97. The van der Waals surface area contributed by atoms with Crippen LogP contribution in [0.2, 0.25) is 0 Å². The maximum Gasteiger partial charge on any atom is 0.251 e. The lowest BCUT2D eigenvalue weighted by Crippen LogP contribution is -2.30. The van der Waals surface area contributed by atoms with E-state index in [1.165, 1.54) is 0 Å². The van der Waals surface area contributed by atoms with Crippen molar-refractivity contribution in [3.8, 4) is 0 Å². The highest BCUT2D eigenvalue weighted by molar-refractivity contribution is 9.11. The van der Waals surface area contributed by atoms with Crippen LogP contribution >= 0.6 is 27.3 Å². The summed E-state index contributed by atoms with van der Waals surface area (Å²) in [6, 6.07) is 11.3. The molecule has 1 aromatic carbocycles. The van der Waals surface area contributed by atoms with Gasteiger partial charge in [-0.1, -0.05) is 18.2 Å². The van der Waals surface area contributed by atoms with Crippen molar-refractivity contribution in [2.24, 2.45) is 0 Å². The molecule has 22 heavy (non-hydrogen) atoms. The second-order valence-corrected chi connectivity index (χ2v) is 7.35. The predicted octanol–water partition coefficient (Wildman–Crippen LogP) is 3.26. The van der Waals surface area contributed by atoms with Gasteiger partial charge in [-0.25, -0.2) is 0 Å². The molecule has 0 aliphatic rings. The van der Waals surface area contributed by atoms with Crippen LogP contribution in [0.15, 0.2) is 40.2 Å². The Morgan fingerprint density at radius 1 is 1.14 bits per heavy atom. The van der Waals surface area contributed by atoms with Gasteiger partial charge in [0, 0.05) is 23.4 Å². The van der Waals surface area contributed by atoms with Crippen LogP contribution in [0.5, 0.6) is 0 Å². The molecule has 2 amide bonds. The lowest BCUT2D eigenvalue weighted by atomic mass is 10.1. The fourth-order valence-electron chi connectivity index (χ4n) is 1.93. The van der Waals surface area contributed by atoms with E-state index in [9.17, 15) is 9.59 Å². The topological polar surface area (TPSA) is 58.2 Å². The maximum absolute atomic E-state index is 12.0. The smallest absolute Gasteiger partial charge is 0.251 e. The number of carbonyl (C=O) groups excluding carboxylic acids is 2. The molecule has 0 radical (unpaired) electrons. The van der Waals surface area contributed by atoms with Crippen molar-refractivity contribution in [2.45, 2.75) is 19.9 Å². The van der Waals surface area contributed by atoms with Gasteiger partial charge in [-0.2, -0.15) is 0 Å². The van der Waals surface area contributed by atoms with Gasteiger partial charge in [0.05, 0.1) is 10.3 Å². The number of aryl methyl sites for hydroxylation is 1. The normalized spacial score (nSPS) is 10.3. The van der Waals surface area contributed by atoms with E-state index < -0.39 is 0 Å². The molecule has 0 aliphatic carbocycles. The average molecular weight is 381 g/mol. The van der Waals surface area contributed by atoms with E-state index in [4.69, 9.17) is 0 Å². The largest absolute Gasteiger partial charge is 0.352 e. The van der Waals surface area contributed by atoms with Gasteiger partial charge in [0.1, 0.15) is 0 Å². The van der Waals surface area contributed by atoms with Crippen LogP contribution in [0.1, 0.15) is 27.2 Å². The number of hydrogen-bond donors (Lipinski definition) is 2. The fraction of sp³-hybridized carbons (Fsp3) is 0.250. The molecule has 0 bridgehead atoms. The Balaban J connectivity index is 1.71. The monoisotopic (exact) mass is 380 g/mol. The summed E-state index contributed by atoms with van der Waals surface area (Å²) in [4.78, 5) is 24.8. The molecule has 0 aliphatic heterocycles. The quantitative estimate of drug-likeness (QED) is 0.807. The van der Waals surface area contributed by atoms with E-state index >= 15 is 0 Å². The molecule has 4 nitrogen and oxygen atoms in total. The van der Waals surface area contributed by atoms with E-state index in [0.717, 1.165) is 14.2 Å². The summed E-state index contributed by atoms with van der Waals surface area (Å²) in [7, 11) is 0. The van der Waals surface area contributed by atoms with Crippen LogP contribution in [-0.2, 0) is 11.3 Å². The number of nitrogens with one attached hydrogen (secondary N) is 2. The number of rotatable bonds is 6. The lowest BCUT2D eigenvalue weighted by molar-refractivity contribution is -0.121. The first-order valence-electron chi connectivity index (χ1n) is 6.91. The molecule has 1 heterocycles. The Hall–Kier alpha value is -1.66. The molecule has 0 unspecified atom stereocenters. The molecule has 0 atom stereocenters. The number of halogens is 1. The maximum atomic E-state index is 12.0. The molecular weight excluding hydrogens is 364 g/mol. The second-order valence-electron chi connectivity index (χ2n) is 4.80. The van der Waals surface area contributed by atoms with E-state index in [-0.39, 0.29) is 18.2 Å². The van der Waals surface area contributed by atoms with Crippen molar-refractivity contribution < 1.29 is 9.59 Å². The minimum atomic E-state index is -0.145. The highest BCUT2D eigenvalue weighted by Crippen LogP contribution is 2.21. The Labute approximate surface area is 142 Å². The zero-order chi connectivity index (χ0) is 15.9. The van der Waals surface area contributed by atoms with Crippen molar-refractivity contribution >= 4 is 39.1 Å². The van der Waals surface area contributed by atoms with Gasteiger partial charge in [-0.05, 0) is 46.6 Å². The Morgan fingerprint density at radius 2 is 1.91 bits per heavy atom. The molecular formula is C16H17BrN2O2S.